The van der Waals surface area contributed by atoms with Gasteiger partial charge in [-0.25, -0.2) is 4.98 Å². The minimum Gasteiger partial charge on any atom is -0.357 e. The summed E-state index contributed by atoms with van der Waals surface area (Å²) in [5.74, 6) is 2.18. The maximum absolute atomic E-state index is 11.7. The van der Waals surface area contributed by atoms with E-state index >= 15 is 0 Å². The van der Waals surface area contributed by atoms with Crippen molar-refractivity contribution in [3.8, 4) is 0 Å². The summed E-state index contributed by atoms with van der Waals surface area (Å²) in [6.07, 6.45) is 7.34. The van der Waals surface area contributed by atoms with Crippen molar-refractivity contribution in [2.24, 2.45) is 10.4 Å². The molecule has 1 amide bonds. The van der Waals surface area contributed by atoms with Crippen molar-refractivity contribution >= 4 is 17.7 Å². The summed E-state index contributed by atoms with van der Waals surface area (Å²) in [4.78, 5) is 25.5. The normalized spacial score (nSPS) is 26.0. The van der Waals surface area contributed by atoms with Gasteiger partial charge in [0.15, 0.2) is 5.96 Å². The third kappa shape index (κ3) is 4.01. The van der Waals surface area contributed by atoms with Gasteiger partial charge in [0.1, 0.15) is 5.82 Å². The van der Waals surface area contributed by atoms with Gasteiger partial charge in [-0.2, -0.15) is 0 Å². The monoisotopic (exact) mass is 370 g/mol. The van der Waals surface area contributed by atoms with Gasteiger partial charge in [0.05, 0.1) is 0 Å². The summed E-state index contributed by atoms with van der Waals surface area (Å²) in [7, 11) is 1.83. The molecule has 1 atom stereocenters. The lowest BCUT2D eigenvalue weighted by Crippen LogP contribution is -2.51. The molecule has 4 rings (SSSR count). The summed E-state index contributed by atoms with van der Waals surface area (Å²) in [5.41, 5.74) is 1.23. The van der Waals surface area contributed by atoms with Gasteiger partial charge in [0.25, 0.3) is 0 Å². The molecule has 1 aromatic heterocycles. The number of guanidine groups is 1. The molecule has 0 saturated carbocycles. The van der Waals surface area contributed by atoms with Crippen LogP contribution in [0.5, 0.6) is 0 Å². The molecule has 0 bridgehead atoms. The molecular formula is C20H30N6O. The standard InChI is InChI=1S/C20H30N6O/c1-21-19(26-10-4-7-20(15-26)11-18(27)24-14-20)23-13-16-5-6-17(22-12-16)25-8-2-3-9-25/h5-6,12H,2-4,7-11,13-15H2,1H3,(H,21,23)(H,24,27). The van der Waals surface area contributed by atoms with E-state index in [1.54, 1.807) is 0 Å². The van der Waals surface area contributed by atoms with Gasteiger partial charge in [-0.3, -0.25) is 9.79 Å². The number of hydrogen-bond donors (Lipinski definition) is 2. The molecule has 3 aliphatic heterocycles. The Morgan fingerprint density at radius 2 is 2.15 bits per heavy atom. The summed E-state index contributed by atoms with van der Waals surface area (Å²) in [5, 5.41) is 6.48. The molecule has 1 spiro atoms. The molecule has 0 radical (unpaired) electrons. The van der Waals surface area contributed by atoms with E-state index in [-0.39, 0.29) is 11.3 Å². The molecule has 4 heterocycles. The number of pyridine rings is 1. The molecule has 1 aromatic rings. The molecule has 7 heteroatoms. The van der Waals surface area contributed by atoms with E-state index in [1.807, 2.05) is 13.2 Å². The lowest BCUT2D eigenvalue weighted by atomic mass is 9.79. The zero-order chi connectivity index (χ0) is 18.7. The lowest BCUT2D eigenvalue weighted by molar-refractivity contribution is -0.119. The molecule has 1 unspecified atom stereocenters. The third-order valence-corrected chi connectivity index (χ3v) is 6.06. The summed E-state index contributed by atoms with van der Waals surface area (Å²) in [6.45, 7) is 5.61. The average molecular weight is 371 g/mol. The van der Waals surface area contributed by atoms with Gasteiger partial charge >= 0.3 is 0 Å². The van der Waals surface area contributed by atoms with Crippen LogP contribution in [0.2, 0.25) is 0 Å². The Morgan fingerprint density at radius 1 is 1.30 bits per heavy atom. The zero-order valence-corrected chi connectivity index (χ0v) is 16.2. The first-order chi connectivity index (χ1) is 13.2. The van der Waals surface area contributed by atoms with Crippen molar-refractivity contribution in [3.05, 3.63) is 23.9 Å². The SMILES string of the molecule is CN=C(NCc1ccc(N2CCCC2)nc1)N1CCCC2(CNC(=O)C2)C1. The number of anilines is 1. The first kappa shape index (κ1) is 18.1. The van der Waals surface area contributed by atoms with Crippen LogP contribution in [0.15, 0.2) is 23.3 Å². The Bertz CT molecular complexity index is 697. The van der Waals surface area contributed by atoms with Gasteiger partial charge in [0.2, 0.25) is 5.91 Å². The number of rotatable bonds is 3. The first-order valence-electron chi connectivity index (χ1n) is 10.1. The van der Waals surface area contributed by atoms with E-state index in [0.717, 1.165) is 62.9 Å². The van der Waals surface area contributed by atoms with Crippen LogP contribution in [0.25, 0.3) is 0 Å². The summed E-state index contributed by atoms with van der Waals surface area (Å²) >= 11 is 0. The van der Waals surface area contributed by atoms with Crippen molar-refractivity contribution in [1.82, 2.24) is 20.5 Å². The number of piperidine rings is 1. The third-order valence-electron chi connectivity index (χ3n) is 6.06. The van der Waals surface area contributed by atoms with Gasteiger partial charge in [-0.15, -0.1) is 0 Å². The van der Waals surface area contributed by atoms with Gasteiger partial charge in [-0.1, -0.05) is 6.07 Å². The van der Waals surface area contributed by atoms with E-state index in [0.29, 0.717) is 13.0 Å². The Balaban J connectivity index is 1.34. The molecule has 7 nitrogen and oxygen atoms in total. The van der Waals surface area contributed by atoms with Gasteiger partial charge < -0.3 is 20.4 Å². The van der Waals surface area contributed by atoms with Crippen LogP contribution in [-0.4, -0.2) is 61.5 Å². The van der Waals surface area contributed by atoms with E-state index in [1.165, 1.54) is 12.8 Å². The smallest absolute Gasteiger partial charge is 0.220 e. The second kappa shape index (κ2) is 7.74. The fourth-order valence-corrected chi connectivity index (χ4v) is 4.60. The quantitative estimate of drug-likeness (QED) is 0.621. The maximum Gasteiger partial charge on any atom is 0.220 e. The minimum atomic E-state index is 0.0753. The topological polar surface area (TPSA) is 72.9 Å². The predicted molar refractivity (Wildman–Crippen MR) is 107 cm³/mol. The maximum atomic E-state index is 11.7. The number of likely N-dealkylation sites (tertiary alicyclic amines) is 1. The Morgan fingerprint density at radius 3 is 2.81 bits per heavy atom. The van der Waals surface area contributed by atoms with Crippen LogP contribution in [-0.2, 0) is 11.3 Å². The minimum absolute atomic E-state index is 0.0753. The Kier molecular flexibility index (Phi) is 5.18. The predicted octanol–water partition coefficient (Wildman–Crippen LogP) is 1.36. The highest BCUT2D eigenvalue weighted by Gasteiger charge is 2.42. The van der Waals surface area contributed by atoms with Crippen molar-refractivity contribution in [2.75, 3.05) is 44.7 Å². The zero-order valence-electron chi connectivity index (χ0n) is 16.2. The molecule has 0 aliphatic carbocycles. The molecule has 3 saturated heterocycles. The Hall–Kier alpha value is -2.31. The van der Waals surface area contributed by atoms with Crippen molar-refractivity contribution < 1.29 is 4.79 Å². The number of amides is 1. The van der Waals surface area contributed by atoms with Crippen molar-refractivity contribution in [3.63, 3.8) is 0 Å². The van der Waals surface area contributed by atoms with Crippen LogP contribution in [0.4, 0.5) is 5.82 Å². The molecule has 3 fully saturated rings. The molecule has 146 valence electrons. The van der Waals surface area contributed by atoms with Gasteiger partial charge in [0, 0.05) is 64.3 Å². The number of carbonyl (C=O) groups excluding carboxylic acids is 1. The van der Waals surface area contributed by atoms with Crippen LogP contribution < -0.4 is 15.5 Å². The van der Waals surface area contributed by atoms with Gasteiger partial charge in [-0.05, 0) is 37.3 Å². The van der Waals surface area contributed by atoms with Crippen LogP contribution in [0.3, 0.4) is 0 Å². The van der Waals surface area contributed by atoms with Crippen LogP contribution >= 0.6 is 0 Å². The number of nitrogens with zero attached hydrogens (tertiary/aromatic N) is 4. The summed E-state index contributed by atoms with van der Waals surface area (Å²) in [6, 6.07) is 4.27. The molecule has 0 aromatic carbocycles. The number of aromatic nitrogens is 1. The van der Waals surface area contributed by atoms with E-state index in [9.17, 15) is 4.79 Å². The van der Waals surface area contributed by atoms with E-state index in [2.05, 4.69) is 42.5 Å². The van der Waals surface area contributed by atoms with E-state index < -0.39 is 0 Å². The highest BCUT2D eigenvalue weighted by atomic mass is 16.1. The highest BCUT2D eigenvalue weighted by molar-refractivity contribution is 5.81. The second-order valence-corrected chi connectivity index (χ2v) is 8.10. The number of aliphatic imine (C=N–C) groups is 1. The number of carbonyl (C=O) groups is 1. The largest absolute Gasteiger partial charge is 0.357 e. The second-order valence-electron chi connectivity index (χ2n) is 8.10. The molecule has 2 N–H and O–H groups in total. The fourth-order valence-electron chi connectivity index (χ4n) is 4.60. The molecule has 27 heavy (non-hydrogen) atoms. The van der Waals surface area contributed by atoms with Crippen molar-refractivity contribution in [2.45, 2.75) is 38.6 Å². The van der Waals surface area contributed by atoms with Crippen LogP contribution in [0, 0.1) is 5.41 Å². The Labute approximate surface area is 161 Å². The number of hydrogen-bond acceptors (Lipinski definition) is 4. The average Bonchev–Trinajstić information content (AvgIpc) is 3.34. The first-order valence-corrected chi connectivity index (χ1v) is 10.1. The lowest BCUT2D eigenvalue weighted by Gasteiger charge is -2.40. The van der Waals surface area contributed by atoms with Crippen molar-refractivity contribution in [1.29, 1.82) is 0 Å². The van der Waals surface area contributed by atoms with E-state index in [4.69, 9.17) is 0 Å². The molecular weight excluding hydrogens is 340 g/mol. The molecule has 3 aliphatic rings. The fraction of sp³-hybridized carbons (Fsp3) is 0.650. The summed E-state index contributed by atoms with van der Waals surface area (Å²) < 4.78 is 0. The highest BCUT2D eigenvalue weighted by Crippen LogP contribution is 2.36. The van der Waals surface area contributed by atoms with Crippen LogP contribution in [0.1, 0.15) is 37.7 Å². The number of nitrogens with one attached hydrogen (secondary N) is 2.